The molecule has 0 fully saturated rings. The van der Waals surface area contributed by atoms with Crippen LogP contribution in [0.15, 0.2) is 103 Å². The van der Waals surface area contributed by atoms with Crippen molar-refractivity contribution in [1.29, 1.82) is 0 Å². The molecule has 0 aliphatic heterocycles. The zero-order chi connectivity index (χ0) is 15.2. The van der Waals surface area contributed by atoms with E-state index in [9.17, 15) is 0 Å². The topological polar surface area (TPSA) is 0 Å². The summed E-state index contributed by atoms with van der Waals surface area (Å²) in [4.78, 5) is 6.40. The Morgan fingerprint density at radius 1 is 0.455 bits per heavy atom. The molecule has 0 aromatic heterocycles. The molecule has 0 aliphatic rings. The molecule has 0 saturated carbocycles. The van der Waals surface area contributed by atoms with Crippen LogP contribution >= 0.6 is 35.3 Å². The Hall–Kier alpha value is -1.29. The van der Waals surface area contributed by atoms with Gasteiger partial charge in [0, 0.05) is 24.5 Å². The van der Waals surface area contributed by atoms with Crippen LogP contribution in [0.2, 0.25) is 0 Å². The Morgan fingerprint density at radius 2 is 0.818 bits per heavy atom. The van der Waals surface area contributed by atoms with Gasteiger partial charge in [0.05, 0.1) is 0 Å². The molecular weight excluding hydrogens is 324 g/mol. The lowest BCUT2D eigenvalue weighted by molar-refractivity contribution is 1.31. The number of rotatable bonds is 5. The Balaban J connectivity index is 1.66. The van der Waals surface area contributed by atoms with Crippen LogP contribution in [-0.2, 0) is 0 Å². The second-order valence-electron chi connectivity index (χ2n) is 4.66. The molecule has 0 N–H and O–H groups in total. The summed E-state index contributed by atoms with van der Waals surface area (Å²) in [6.07, 6.45) is 2.10. The Morgan fingerprint density at radius 3 is 1.23 bits per heavy atom. The van der Waals surface area contributed by atoms with E-state index in [1.54, 1.807) is 35.3 Å². The van der Waals surface area contributed by atoms with Crippen molar-refractivity contribution in [2.45, 2.75) is 24.5 Å². The summed E-state index contributed by atoms with van der Waals surface area (Å²) >= 11 is 5.37. The van der Waals surface area contributed by atoms with E-state index in [1.165, 1.54) is 24.5 Å². The minimum Gasteiger partial charge on any atom is -0.130 e. The molecule has 0 heterocycles. The van der Waals surface area contributed by atoms with Crippen molar-refractivity contribution >= 4 is 35.3 Å². The van der Waals surface area contributed by atoms with Crippen molar-refractivity contribution in [2.24, 2.45) is 0 Å². The summed E-state index contributed by atoms with van der Waals surface area (Å²) in [5, 5.41) is 0. The van der Waals surface area contributed by atoms with Crippen LogP contribution in [0.3, 0.4) is 0 Å². The molecule has 0 spiro atoms. The zero-order valence-corrected chi connectivity index (χ0v) is 14.7. The van der Waals surface area contributed by atoms with Crippen molar-refractivity contribution in [1.82, 2.24) is 0 Å². The highest BCUT2D eigenvalue weighted by Gasteiger charge is 2.00. The number of hydrogen-bond acceptors (Lipinski definition) is 3. The SMILES string of the molecule is CSc1ccc(Sc2ccc(Sc3ccccc3)cc2)cc1. The van der Waals surface area contributed by atoms with E-state index < -0.39 is 0 Å². The van der Waals surface area contributed by atoms with Gasteiger partial charge in [0.15, 0.2) is 0 Å². The van der Waals surface area contributed by atoms with Crippen LogP contribution in [0.4, 0.5) is 0 Å². The highest BCUT2D eigenvalue weighted by molar-refractivity contribution is 8.00. The lowest BCUT2D eigenvalue weighted by Gasteiger charge is -2.05. The molecule has 0 saturated heterocycles. The first-order valence-electron chi connectivity index (χ1n) is 6.98. The van der Waals surface area contributed by atoms with Crippen molar-refractivity contribution in [2.75, 3.05) is 6.26 Å². The average Bonchev–Trinajstić information content (AvgIpc) is 2.58. The molecule has 3 aromatic rings. The van der Waals surface area contributed by atoms with E-state index in [-0.39, 0.29) is 0 Å². The number of benzene rings is 3. The van der Waals surface area contributed by atoms with E-state index in [4.69, 9.17) is 0 Å². The molecule has 0 atom stereocenters. The van der Waals surface area contributed by atoms with Crippen LogP contribution < -0.4 is 0 Å². The third kappa shape index (κ3) is 4.35. The Labute approximate surface area is 144 Å². The van der Waals surface area contributed by atoms with Crippen molar-refractivity contribution in [3.63, 3.8) is 0 Å². The maximum absolute atomic E-state index is 2.19. The minimum atomic E-state index is 1.27. The van der Waals surface area contributed by atoms with Gasteiger partial charge in [-0.3, -0.25) is 0 Å². The van der Waals surface area contributed by atoms with E-state index >= 15 is 0 Å². The van der Waals surface area contributed by atoms with Crippen molar-refractivity contribution in [3.05, 3.63) is 78.9 Å². The molecule has 0 aliphatic carbocycles. The Bertz CT molecular complexity index is 704. The van der Waals surface area contributed by atoms with E-state index in [1.807, 2.05) is 6.07 Å². The van der Waals surface area contributed by atoms with Crippen LogP contribution in [-0.4, -0.2) is 6.26 Å². The number of thioether (sulfide) groups is 1. The van der Waals surface area contributed by atoms with Crippen molar-refractivity contribution in [3.8, 4) is 0 Å². The van der Waals surface area contributed by atoms with Gasteiger partial charge in [-0.25, -0.2) is 0 Å². The van der Waals surface area contributed by atoms with Gasteiger partial charge in [-0.1, -0.05) is 41.7 Å². The molecule has 0 bridgehead atoms. The molecule has 0 unspecified atom stereocenters. The van der Waals surface area contributed by atoms with Gasteiger partial charge in [-0.15, -0.1) is 11.8 Å². The molecule has 3 aromatic carbocycles. The van der Waals surface area contributed by atoms with Gasteiger partial charge >= 0.3 is 0 Å². The molecule has 22 heavy (non-hydrogen) atoms. The lowest BCUT2D eigenvalue weighted by Crippen LogP contribution is -1.76. The van der Waals surface area contributed by atoms with E-state index in [0.29, 0.717) is 0 Å². The van der Waals surface area contributed by atoms with Crippen LogP contribution in [0.1, 0.15) is 0 Å². The summed E-state index contributed by atoms with van der Waals surface area (Å²) in [6, 6.07) is 28.0. The number of hydrogen-bond donors (Lipinski definition) is 0. The molecule has 3 heteroatoms. The maximum atomic E-state index is 2.19. The molecular formula is C19H16S3. The van der Waals surface area contributed by atoms with Gasteiger partial charge in [-0.05, 0) is 66.9 Å². The largest absolute Gasteiger partial charge is 0.130 e. The van der Waals surface area contributed by atoms with Crippen LogP contribution in [0.25, 0.3) is 0 Å². The second-order valence-corrected chi connectivity index (χ2v) is 7.84. The lowest BCUT2D eigenvalue weighted by atomic mass is 10.4. The molecule has 0 amide bonds. The van der Waals surface area contributed by atoms with Crippen LogP contribution in [0.5, 0.6) is 0 Å². The fraction of sp³-hybridized carbons (Fsp3) is 0.0526. The van der Waals surface area contributed by atoms with E-state index in [0.717, 1.165) is 0 Å². The minimum absolute atomic E-state index is 1.27. The van der Waals surface area contributed by atoms with E-state index in [2.05, 4.69) is 79.1 Å². The highest BCUT2D eigenvalue weighted by atomic mass is 32.2. The first kappa shape index (κ1) is 15.6. The third-order valence-electron chi connectivity index (χ3n) is 3.10. The van der Waals surface area contributed by atoms with Gasteiger partial charge in [0.2, 0.25) is 0 Å². The fourth-order valence-electron chi connectivity index (χ4n) is 1.98. The normalized spacial score (nSPS) is 10.6. The quantitative estimate of drug-likeness (QED) is 0.474. The zero-order valence-electron chi connectivity index (χ0n) is 12.2. The molecule has 0 nitrogen and oxygen atoms in total. The van der Waals surface area contributed by atoms with Crippen molar-refractivity contribution < 1.29 is 0 Å². The van der Waals surface area contributed by atoms with Gasteiger partial charge in [0.1, 0.15) is 0 Å². The summed E-state index contributed by atoms with van der Waals surface area (Å²) in [7, 11) is 0. The highest BCUT2D eigenvalue weighted by Crippen LogP contribution is 2.32. The van der Waals surface area contributed by atoms with Gasteiger partial charge in [-0.2, -0.15) is 0 Å². The van der Waals surface area contributed by atoms with Gasteiger partial charge < -0.3 is 0 Å². The molecule has 3 rings (SSSR count). The maximum Gasteiger partial charge on any atom is 0.0123 e. The summed E-state index contributed by atoms with van der Waals surface area (Å²) in [5.74, 6) is 0. The monoisotopic (exact) mass is 340 g/mol. The average molecular weight is 341 g/mol. The predicted molar refractivity (Wildman–Crippen MR) is 99.4 cm³/mol. The predicted octanol–water partition coefficient (Wildman–Crippen LogP) is 6.71. The summed E-state index contributed by atoms with van der Waals surface area (Å²) in [5.41, 5.74) is 0. The Kier molecular flexibility index (Phi) is 5.54. The molecule has 110 valence electrons. The first-order valence-corrected chi connectivity index (χ1v) is 9.84. The first-order chi connectivity index (χ1) is 10.8. The standard InChI is InChI=1S/C19H16S3/c1-20-15-7-9-17(10-8-15)22-19-13-11-18(12-14-19)21-16-5-3-2-4-6-16/h2-14H,1H3. The van der Waals surface area contributed by atoms with Gasteiger partial charge in [0.25, 0.3) is 0 Å². The second kappa shape index (κ2) is 7.82. The smallest absolute Gasteiger partial charge is 0.0123 e. The van der Waals surface area contributed by atoms with Crippen LogP contribution in [0, 0.1) is 0 Å². The molecule has 0 radical (unpaired) electrons. The summed E-state index contributed by atoms with van der Waals surface area (Å²) in [6.45, 7) is 0. The fourth-order valence-corrected chi connectivity index (χ4v) is 4.04. The summed E-state index contributed by atoms with van der Waals surface area (Å²) < 4.78 is 0. The third-order valence-corrected chi connectivity index (χ3v) is 5.87.